The van der Waals surface area contributed by atoms with E-state index < -0.39 is 0 Å². The number of hydrogen-bond donors (Lipinski definition) is 3. The van der Waals surface area contributed by atoms with Gasteiger partial charge in [-0.15, -0.1) is 0 Å². The Morgan fingerprint density at radius 1 is 1.26 bits per heavy atom. The third kappa shape index (κ3) is 3.65. The van der Waals surface area contributed by atoms with Crippen molar-refractivity contribution in [2.75, 3.05) is 24.2 Å². The summed E-state index contributed by atoms with van der Waals surface area (Å²) >= 11 is 12.1. The first-order valence-electron chi connectivity index (χ1n) is 6.57. The van der Waals surface area contributed by atoms with Crippen LogP contribution in [0, 0.1) is 5.92 Å². The Morgan fingerprint density at radius 2 is 1.95 bits per heavy atom. The minimum atomic E-state index is -0.226. The van der Waals surface area contributed by atoms with Crippen molar-refractivity contribution >= 4 is 34.8 Å². The topological polar surface area (TPSA) is 57.2 Å². The first-order valence-corrected chi connectivity index (χ1v) is 7.33. The van der Waals surface area contributed by atoms with E-state index in [9.17, 15) is 5.11 Å². The van der Waals surface area contributed by atoms with E-state index in [2.05, 4.69) is 15.6 Å². The Hall–Kier alpha value is -0.710. The molecular formula is C13H19Cl2N3O. The van der Waals surface area contributed by atoms with E-state index in [1.165, 1.54) is 6.42 Å². The molecule has 2 atom stereocenters. The van der Waals surface area contributed by atoms with Gasteiger partial charge in [-0.2, -0.15) is 0 Å². The first kappa shape index (κ1) is 14.7. The fourth-order valence-corrected chi connectivity index (χ4v) is 2.94. The lowest BCUT2D eigenvalue weighted by molar-refractivity contribution is 0.0763. The molecule has 0 aliphatic heterocycles. The van der Waals surface area contributed by atoms with Crippen LogP contribution in [0.25, 0.3) is 0 Å². The fraction of sp³-hybridized carbons (Fsp3) is 0.615. The van der Waals surface area contributed by atoms with Crippen LogP contribution < -0.4 is 10.6 Å². The lowest BCUT2D eigenvalue weighted by Crippen LogP contribution is -2.30. The van der Waals surface area contributed by atoms with Gasteiger partial charge in [-0.25, -0.2) is 4.98 Å². The number of pyridine rings is 1. The SMILES string of the molecule is CNc1nc(NCC2CCCCC2O)c(Cl)cc1Cl. The van der Waals surface area contributed by atoms with Gasteiger partial charge in [0.1, 0.15) is 11.6 Å². The normalized spacial score (nSPS) is 23.2. The van der Waals surface area contributed by atoms with Crippen LogP contribution in [0.1, 0.15) is 25.7 Å². The fourth-order valence-electron chi connectivity index (χ4n) is 2.42. The monoisotopic (exact) mass is 303 g/mol. The highest BCUT2D eigenvalue weighted by atomic mass is 35.5. The van der Waals surface area contributed by atoms with Gasteiger partial charge >= 0.3 is 0 Å². The molecule has 19 heavy (non-hydrogen) atoms. The maximum absolute atomic E-state index is 9.93. The average Bonchev–Trinajstić information content (AvgIpc) is 2.39. The van der Waals surface area contributed by atoms with Crippen molar-refractivity contribution < 1.29 is 5.11 Å². The number of rotatable bonds is 4. The second-order valence-electron chi connectivity index (χ2n) is 4.89. The van der Waals surface area contributed by atoms with Crippen LogP contribution in [-0.2, 0) is 0 Å². The van der Waals surface area contributed by atoms with Crippen molar-refractivity contribution in [3.8, 4) is 0 Å². The molecule has 1 fully saturated rings. The van der Waals surface area contributed by atoms with Crippen molar-refractivity contribution in [2.45, 2.75) is 31.8 Å². The first-order chi connectivity index (χ1) is 9.11. The van der Waals surface area contributed by atoms with Gasteiger partial charge in [-0.3, -0.25) is 0 Å². The second kappa shape index (κ2) is 6.64. The zero-order valence-corrected chi connectivity index (χ0v) is 12.4. The molecule has 2 rings (SSSR count). The van der Waals surface area contributed by atoms with Crippen molar-refractivity contribution in [1.29, 1.82) is 0 Å². The summed E-state index contributed by atoms with van der Waals surface area (Å²) in [6, 6.07) is 1.67. The number of nitrogens with one attached hydrogen (secondary N) is 2. The summed E-state index contributed by atoms with van der Waals surface area (Å²) in [6.07, 6.45) is 3.99. The quantitative estimate of drug-likeness (QED) is 0.798. The summed E-state index contributed by atoms with van der Waals surface area (Å²) < 4.78 is 0. The van der Waals surface area contributed by atoms with E-state index in [1.54, 1.807) is 13.1 Å². The molecule has 0 saturated heterocycles. The summed E-state index contributed by atoms with van der Waals surface area (Å²) in [7, 11) is 1.76. The van der Waals surface area contributed by atoms with Crippen LogP contribution >= 0.6 is 23.2 Å². The maximum atomic E-state index is 9.93. The van der Waals surface area contributed by atoms with Crippen molar-refractivity contribution in [2.24, 2.45) is 5.92 Å². The van der Waals surface area contributed by atoms with Crippen molar-refractivity contribution in [3.63, 3.8) is 0 Å². The Kier molecular flexibility index (Phi) is 5.13. The summed E-state index contributed by atoms with van der Waals surface area (Å²) in [6.45, 7) is 0.679. The smallest absolute Gasteiger partial charge is 0.147 e. The van der Waals surface area contributed by atoms with Crippen LogP contribution in [0.2, 0.25) is 10.0 Å². The molecule has 6 heteroatoms. The molecule has 0 aromatic carbocycles. The van der Waals surface area contributed by atoms with Gasteiger partial charge in [0.15, 0.2) is 0 Å². The molecule has 1 aliphatic rings. The molecule has 0 amide bonds. The number of nitrogens with zero attached hydrogens (tertiary/aromatic N) is 1. The highest BCUT2D eigenvalue weighted by molar-refractivity contribution is 6.37. The number of aliphatic hydroxyl groups excluding tert-OH is 1. The molecule has 2 unspecified atom stereocenters. The van der Waals surface area contributed by atoms with E-state index in [0.717, 1.165) is 19.3 Å². The van der Waals surface area contributed by atoms with E-state index in [-0.39, 0.29) is 12.0 Å². The molecule has 0 radical (unpaired) electrons. The summed E-state index contributed by atoms with van der Waals surface area (Å²) in [5, 5.41) is 17.1. The van der Waals surface area contributed by atoms with E-state index in [0.29, 0.717) is 28.2 Å². The lowest BCUT2D eigenvalue weighted by Gasteiger charge is -2.28. The number of anilines is 2. The molecule has 1 aliphatic carbocycles. The highest BCUT2D eigenvalue weighted by Crippen LogP contribution is 2.30. The Labute approximate surface area is 123 Å². The van der Waals surface area contributed by atoms with E-state index >= 15 is 0 Å². The van der Waals surface area contributed by atoms with Gasteiger partial charge in [0.2, 0.25) is 0 Å². The number of halogens is 2. The number of aromatic nitrogens is 1. The van der Waals surface area contributed by atoms with Gasteiger partial charge in [0, 0.05) is 19.5 Å². The highest BCUT2D eigenvalue weighted by Gasteiger charge is 2.23. The maximum Gasteiger partial charge on any atom is 0.147 e. The molecule has 106 valence electrons. The third-order valence-corrected chi connectivity index (χ3v) is 4.14. The predicted octanol–water partition coefficient (Wildman–Crippen LogP) is 3.39. The zero-order valence-electron chi connectivity index (χ0n) is 10.9. The summed E-state index contributed by atoms with van der Waals surface area (Å²) in [5.41, 5.74) is 0. The van der Waals surface area contributed by atoms with Crippen molar-refractivity contribution in [1.82, 2.24) is 4.98 Å². The van der Waals surface area contributed by atoms with Crippen LogP contribution in [0.15, 0.2) is 6.07 Å². The Balaban J connectivity index is 2.02. The minimum absolute atomic E-state index is 0.226. The van der Waals surface area contributed by atoms with E-state index in [4.69, 9.17) is 23.2 Å². The zero-order chi connectivity index (χ0) is 13.8. The van der Waals surface area contributed by atoms with Crippen LogP contribution in [-0.4, -0.2) is 29.8 Å². The number of hydrogen-bond acceptors (Lipinski definition) is 4. The molecule has 1 heterocycles. The predicted molar refractivity (Wildman–Crippen MR) is 80.3 cm³/mol. The Bertz CT molecular complexity index is 442. The Morgan fingerprint density at radius 3 is 2.63 bits per heavy atom. The van der Waals surface area contributed by atoms with Gasteiger partial charge in [0.05, 0.1) is 16.1 Å². The van der Waals surface area contributed by atoms with Gasteiger partial charge in [0.25, 0.3) is 0 Å². The second-order valence-corrected chi connectivity index (χ2v) is 5.71. The molecule has 0 bridgehead atoms. The van der Waals surface area contributed by atoms with Crippen LogP contribution in [0.5, 0.6) is 0 Å². The third-order valence-electron chi connectivity index (χ3n) is 3.57. The van der Waals surface area contributed by atoms with Crippen molar-refractivity contribution in [3.05, 3.63) is 16.1 Å². The molecular weight excluding hydrogens is 285 g/mol. The average molecular weight is 304 g/mol. The van der Waals surface area contributed by atoms with Gasteiger partial charge < -0.3 is 15.7 Å². The molecule has 1 aromatic rings. The molecule has 4 nitrogen and oxygen atoms in total. The van der Waals surface area contributed by atoms with Crippen LogP contribution in [0.4, 0.5) is 11.6 Å². The molecule has 1 aromatic heterocycles. The minimum Gasteiger partial charge on any atom is -0.393 e. The van der Waals surface area contributed by atoms with E-state index in [1.807, 2.05) is 0 Å². The summed E-state index contributed by atoms with van der Waals surface area (Å²) in [4.78, 5) is 4.33. The lowest BCUT2D eigenvalue weighted by atomic mass is 9.86. The standard InChI is InChI=1S/C13H19Cl2N3O/c1-16-12-9(14)6-10(15)13(18-12)17-7-8-4-2-3-5-11(8)19/h6,8,11,19H,2-5,7H2,1H3,(H2,16,17,18). The summed E-state index contributed by atoms with van der Waals surface area (Å²) in [5.74, 6) is 1.46. The van der Waals surface area contributed by atoms with Gasteiger partial charge in [-0.1, -0.05) is 36.0 Å². The number of aliphatic hydroxyl groups is 1. The molecule has 3 N–H and O–H groups in total. The largest absolute Gasteiger partial charge is 0.393 e. The van der Waals surface area contributed by atoms with Crippen LogP contribution in [0.3, 0.4) is 0 Å². The van der Waals surface area contributed by atoms with Gasteiger partial charge in [-0.05, 0) is 18.9 Å². The molecule has 0 spiro atoms. The molecule has 1 saturated carbocycles.